The molecule has 0 amide bonds. The van der Waals surface area contributed by atoms with E-state index in [9.17, 15) is 4.79 Å². The van der Waals surface area contributed by atoms with Crippen LogP contribution in [0.15, 0.2) is 48.7 Å². The maximum absolute atomic E-state index is 13.1. The van der Waals surface area contributed by atoms with Gasteiger partial charge in [0, 0.05) is 27.4 Å². The minimum absolute atomic E-state index is 0.496. The Labute approximate surface area is 221 Å². The van der Waals surface area contributed by atoms with Gasteiger partial charge in [0.15, 0.2) is 11.8 Å². The summed E-state index contributed by atoms with van der Waals surface area (Å²) in [5, 5.41) is 5.38. The molecule has 3 heterocycles. The van der Waals surface area contributed by atoms with E-state index in [2.05, 4.69) is 6.07 Å². The summed E-state index contributed by atoms with van der Waals surface area (Å²) in [5.41, 5.74) is 5.79. The van der Waals surface area contributed by atoms with Gasteiger partial charge in [-0.15, -0.1) is 0 Å². The minimum atomic E-state index is -0.997. The molecular weight excluding hydrogens is 490 g/mol. The largest absolute Gasteiger partial charge is 0.493 e. The fourth-order valence-corrected chi connectivity index (χ4v) is 4.95. The summed E-state index contributed by atoms with van der Waals surface area (Å²) < 4.78 is 19.1. The van der Waals surface area contributed by atoms with Gasteiger partial charge in [0.1, 0.15) is 5.75 Å². The summed E-state index contributed by atoms with van der Waals surface area (Å²) in [6.45, 7) is 8.32. The van der Waals surface area contributed by atoms with E-state index in [1.165, 1.54) is 7.11 Å². The third-order valence-electron chi connectivity index (χ3n) is 6.34. The van der Waals surface area contributed by atoms with E-state index in [4.69, 9.17) is 35.9 Å². The average molecular weight is 520 g/mol. The predicted molar refractivity (Wildman–Crippen MR) is 143 cm³/mol. The molecule has 0 aliphatic carbocycles. The molecule has 7 nitrogen and oxygen atoms in total. The molecular formula is C29H30ClN3O4. The van der Waals surface area contributed by atoms with Crippen LogP contribution in [0.2, 0.25) is 5.02 Å². The van der Waals surface area contributed by atoms with Crippen LogP contribution >= 0.6 is 11.6 Å². The van der Waals surface area contributed by atoms with E-state index in [1.54, 1.807) is 10.7 Å². The molecule has 0 spiro atoms. The van der Waals surface area contributed by atoms with Gasteiger partial charge in [-0.25, -0.2) is 14.3 Å². The maximum atomic E-state index is 13.1. The summed E-state index contributed by atoms with van der Waals surface area (Å²) in [5.74, 6) is 0.387. The summed E-state index contributed by atoms with van der Waals surface area (Å²) in [4.78, 5) is 18.0. The molecule has 0 N–H and O–H groups in total. The number of rotatable bonds is 5. The van der Waals surface area contributed by atoms with Gasteiger partial charge in [-0.1, -0.05) is 23.7 Å². The molecule has 0 bridgehead atoms. The molecule has 0 saturated heterocycles. The van der Waals surface area contributed by atoms with Crippen molar-refractivity contribution in [1.82, 2.24) is 14.6 Å². The van der Waals surface area contributed by atoms with Crippen molar-refractivity contribution in [3.63, 3.8) is 0 Å². The van der Waals surface area contributed by atoms with Crippen LogP contribution < -0.4 is 4.74 Å². The number of carbonyl (C=O) groups excluding carboxylic acids is 1. The average Bonchev–Trinajstić information content (AvgIpc) is 3.28. The number of fused-ring (bicyclic) bond motifs is 2. The predicted octanol–water partition coefficient (Wildman–Crippen LogP) is 6.38. The SMILES string of the molecule is COC(=O)C(OC(C)(C)C)c1c(C)nc2c(-c3cccc(Cl)c3)cnn2c1-c1ccc2c(c1)CCCO2. The standard InChI is InChI=1S/C29H30ClN3O4/c1-17-24(26(28(34)35-5)37-29(2,3)4)25(20-11-12-23-19(14-20)9-7-13-36-23)33-27(32-17)22(16-31-33)18-8-6-10-21(30)15-18/h6,8,10-12,14-16,26H,7,9,13H2,1-5H3. The number of esters is 1. The van der Waals surface area contributed by atoms with Crippen molar-refractivity contribution >= 4 is 23.2 Å². The van der Waals surface area contributed by atoms with Gasteiger partial charge in [-0.2, -0.15) is 5.10 Å². The maximum Gasteiger partial charge on any atom is 0.339 e. The minimum Gasteiger partial charge on any atom is -0.493 e. The lowest BCUT2D eigenvalue weighted by atomic mass is 9.95. The zero-order valence-corrected chi connectivity index (χ0v) is 22.4. The smallest absolute Gasteiger partial charge is 0.339 e. The second-order valence-electron chi connectivity index (χ2n) is 10.2. The van der Waals surface area contributed by atoms with Crippen molar-refractivity contribution in [3.8, 4) is 28.1 Å². The molecule has 0 saturated carbocycles. The van der Waals surface area contributed by atoms with E-state index < -0.39 is 17.7 Å². The highest BCUT2D eigenvalue weighted by molar-refractivity contribution is 6.30. The van der Waals surface area contributed by atoms with Crippen LogP contribution in [0.25, 0.3) is 28.0 Å². The first-order valence-electron chi connectivity index (χ1n) is 12.3. The number of halogens is 1. The van der Waals surface area contributed by atoms with Crippen molar-refractivity contribution in [2.45, 2.75) is 52.2 Å². The Hall–Kier alpha value is -3.42. The highest BCUT2D eigenvalue weighted by Gasteiger charge is 2.34. The first kappa shape index (κ1) is 25.2. The molecule has 8 heteroatoms. The molecule has 4 aromatic rings. The highest BCUT2D eigenvalue weighted by Crippen LogP contribution is 2.39. The monoisotopic (exact) mass is 519 g/mol. The van der Waals surface area contributed by atoms with Gasteiger partial charge in [0.25, 0.3) is 0 Å². The number of nitrogens with zero attached hydrogens (tertiary/aromatic N) is 3. The summed E-state index contributed by atoms with van der Waals surface area (Å²) in [6.07, 6.45) is 2.65. The fraction of sp³-hybridized carbons (Fsp3) is 0.345. The molecule has 2 aromatic carbocycles. The van der Waals surface area contributed by atoms with Gasteiger partial charge in [0.2, 0.25) is 0 Å². The van der Waals surface area contributed by atoms with Gasteiger partial charge >= 0.3 is 5.97 Å². The molecule has 37 heavy (non-hydrogen) atoms. The number of aryl methyl sites for hydroxylation is 2. The third-order valence-corrected chi connectivity index (χ3v) is 6.58. The van der Waals surface area contributed by atoms with Gasteiger partial charge in [-0.3, -0.25) is 0 Å². The highest BCUT2D eigenvalue weighted by atomic mass is 35.5. The molecule has 192 valence electrons. The van der Waals surface area contributed by atoms with Crippen LogP contribution in [0.3, 0.4) is 0 Å². The Morgan fingerprint density at radius 2 is 1.97 bits per heavy atom. The Bertz CT molecular complexity index is 1490. The van der Waals surface area contributed by atoms with Crippen molar-refractivity contribution in [2.75, 3.05) is 13.7 Å². The van der Waals surface area contributed by atoms with E-state index in [0.717, 1.165) is 46.5 Å². The van der Waals surface area contributed by atoms with Crippen LogP contribution in [0.4, 0.5) is 0 Å². The lowest BCUT2D eigenvalue weighted by molar-refractivity contribution is -0.164. The first-order chi connectivity index (χ1) is 17.7. The second kappa shape index (κ2) is 9.80. The Kier molecular flexibility index (Phi) is 6.68. The summed E-state index contributed by atoms with van der Waals surface area (Å²) in [7, 11) is 1.36. The lowest BCUT2D eigenvalue weighted by Crippen LogP contribution is -2.30. The molecule has 1 aliphatic heterocycles. The van der Waals surface area contributed by atoms with Crippen LogP contribution in [0.1, 0.15) is 50.1 Å². The first-order valence-corrected chi connectivity index (χ1v) is 12.7. The molecule has 0 radical (unpaired) electrons. The zero-order chi connectivity index (χ0) is 26.3. The molecule has 0 fully saturated rings. The van der Waals surface area contributed by atoms with Crippen LogP contribution in [0, 0.1) is 6.92 Å². The van der Waals surface area contributed by atoms with Crippen LogP contribution in [-0.4, -0.2) is 39.9 Å². The van der Waals surface area contributed by atoms with Gasteiger partial charge in [0.05, 0.1) is 31.2 Å². The molecule has 1 unspecified atom stereocenters. The topological polar surface area (TPSA) is 75.0 Å². The zero-order valence-electron chi connectivity index (χ0n) is 21.7. The van der Waals surface area contributed by atoms with Crippen LogP contribution in [-0.2, 0) is 20.7 Å². The molecule has 5 rings (SSSR count). The van der Waals surface area contributed by atoms with Crippen LogP contribution in [0.5, 0.6) is 5.75 Å². The van der Waals surface area contributed by atoms with E-state index in [-0.39, 0.29) is 0 Å². The van der Waals surface area contributed by atoms with E-state index in [1.807, 2.05) is 64.1 Å². The van der Waals surface area contributed by atoms with Crippen molar-refractivity contribution in [2.24, 2.45) is 0 Å². The van der Waals surface area contributed by atoms with Crippen molar-refractivity contribution in [1.29, 1.82) is 0 Å². The summed E-state index contributed by atoms with van der Waals surface area (Å²) in [6, 6.07) is 13.7. The second-order valence-corrected chi connectivity index (χ2v) is 10.6. The van der Waals surface area contributed by atoms with E-state index in [0.29, 0.717) is 28.5 Å². The molecule has 2 aromatic heterocycles. The number of hydrogen-bond donors (Lipinski definition) is 0. The Morgan fingerprint density at radius 3 is 2.70 bits per heavy atom. The van der Waals surface area contributed by atoms with Gasteiger partial charge < -0.3 is 14.2 Å². The number of aromatic nitrogens is 3. The molecule has 1 aliphatic rings. The molecule has 1 atom stereocenters. The Balaban J connectivity index is 1.81. The number of carbonyl (C=O) groups is 1. The Morgan fingerprint density at radius 1 is 1.16 bits per heavy atom. The number of methoxy groups -OCH3 is 1. The fourth-order valence-electron chi connectivity index (χ4n) is 4.76. The van der Waals surface area contributed by atoms with E-state index >= 15 is 0 Å². The number of ether oxygens (including phenoxy) is 3. The van der Waals surface area contributed by atoms with Crippen molar-refractivity contribution in [3.05, 3.63) is 70.5 Å². The summed E-state index contributed by atoms with van der Waals surface area (Å²) >= 11 is 6.29. The number of benzene rings is 2. The lowest BCUT2D eigenvalue weighted by Gasteiger charge is -2.28. The third kappa shape index (κ3) is 4.93. The van der Waals surface area contributed by atoms with Crippen molar-refractivity contribution < 1.29 is 19.0 Å². The van der Waals surface area contributed by atoms with Gasteiger partial charge in [-0.05, 0) is 82.0 Å². The normalized spacial score (nSPS) is 14.2. The number of hydrogen-bond acceptors (Lipinski definition) is 6. The quantitative estimate of drug-likeness (QED) is 0.285.